The molecule has 2 aromatic heterocycles. The molecule has 0 radical (unpaired) electrons. The molecule has 0 atom stereocenters. The molecule has 3 rings (SSSR count). The van der Waals surface area contributed by atoms with Crippen LogP contribution in [0.2, 0.25) is 0 Å². The molecule has 178 valence electrons. The van der Waals surface area contributed by atoms with Crippen LogP contribution in [0.15, 0.2) is 59.7 Å². The molecule has 0 saturated carbocycles. The summed E-state index contributed by atoms with van der Waals surface area (Å²) >= 11 is 0. The normalized spacial score (nSPS) is 10.6. The van der Waals surface area contributed by atoms with Gasteiger partial charge in [-0.25, -0.2) is 9.37 Å². The number of anilines is 1. The number of pyridine rings is 1. The zero-order chi connectivity index (χ0) is 24.0. The molecule has 0 saturated heterocycles. The Morgan fingerprint density at radius 2 is 1.94 bits per heavy atom. The molecule has 13 heteroatoms. The van der Waals surface area contributed by atoms with Crippen molar-refractivity contribution in [2.24, 2.45) is 0 Å². The van der Waals surface area contributed by atoms with Gasteiger partial charge in [0.15, 0.2) is 12.0 Å². The van der Waals surface area contributed by atoms with E-state index in [-0.39, 0.29) is 34.9 Å². The van der Waals surface area contributed by atoms with E-state index in [4.69, 9.17) is 0 Å². The summed E-state index contributed by atoms with van der Waals surface area (Å²) in [7, 11) is 0. The van der Waals surface area contributed by atoms with Gasteiger partial charge < -0.3 is 15.8 Å². The smallest absolute Gasteiger partial charge is 0.347 e. The zero-order valence-electron chi connectivity index (χ0n) is 17.4. The number of carbonyl (C=O) groups excluding carboxylic acids is 1. The van der Waals surface area contributed by atoms with Crippen LogP contribution in [0.1, 0.15) is 17.0 Å². The fraction of sp³-hybridized carbons (Fsp3) is 0.190. The van der Waals surface area contributed by atoms with Gasteiger partial charge in [-0.15, -0.1) is 12.4 Å². The van der Waals surface area contributed by atoms with Crippen LogP contribution in [0.3, 0.4) is 0 Å². The minimum Gasteiger partial charge on any atom is -0.618 e. The van der Waals surface area contributed by atoms with Gasteiger partial charge in [-0.1, -0.05) is 18.2 Å². The van der Waals surface area contributed by atoms with Gasteiger partial charge in [-0.3, -0.25) is 14.2 Å². The molecule has 2 heterocycles. The number of hydrogen-bond donors (Lipinski definition) is 2. The summed E-state index contributed by atoms with van der Waals surface area (Å²) in [5.41, 5.74) is -1.89. The summed E-state index contributed by atoms with van der Waals surface area (Å²) in [5.74, 6) is -5.42. The van der Waals surface area contributed by atoms with Crippen LogP contribution in [0.4, 0.5) is 19.0 Å². The number of benzene rings is 1. The van der Waals surface area contributed by atoms with Gasteiger partial charge >= 0.3 is 5.92 Å². The Kier molecular flexibility index (Phi) is 8.58. The summed E-state index contributed by atoms with van der Waals surface area (Å²) in [6.07, 6.45) is 1.86. The first-order chi connectivity index (χ1) is 15.7. The predicted molar refractivity (Wildman–Crippen MR) is 116 cm³/mol. The van der Waals surface area contributed by atoms with E-state index < -0.39 is 47.8 Å². The van der Waals surface area contributed by atoms with Crippen molar-refractivity contribution in [2.75, 3.05) is 11.9 Å². The minimum absolute atomic E-state index is 0. The van der Waals surface area contributed by atoms with E-state index in [1.807, 2.05) is 0 Å². The second kappa shape index (κ2) is 11.2. The number of hydrogen-bond acceptors (Lipinski definition) is 6. The van der Waals surface area contributed by atoms with Gasteiger partial charge in [-0.05, 0) is 12.1 Å². The quantitative estimate of drug-likeness (QED) is 0.363. The number of carbonyl (C=O) groups is 1. The highest BCUT2D eigenvalue weighted by atomic mass is 35.5. The van der Waals surface area contributed by atoms with E-state index in [0.29, 0.717) is 0 Å². The van der Waals surface area contributed by atoms with Crippen molar-refractivity contribution in [1.29, 1.82) is 5.26 Å². The Morgan fingerprint density at radius 3 is 2.62 bits per heavy atom. The van der Waals surface area contributed by atoms with Crippen LogP contribution in [0.5, 0.6) is 0 Å². The summed E-state index contributed by atoms with van der Waals surface area (Å²) in [6.45, 7) is -1.91. The number of nitrogens with zero attached hydrogens (tertiary/aromatic N) is 4. The van der Waals surface area contributed by atoms with Crippen LogP contribution in [-0.4, -0.2) is 22.0 Å². The lowest BCUT2D eigenvalue weighted by atomic mass is 10.2. The highest BCUT2D eigenvalue weighted by molar-refractivity contribution is 5.85. The highest BCUT2D eigenvalue weighted by Gasteiger charge is 2.39. The molecular formula is C21H18ClF3N6O3. The maximum absolute atomic E-state index is 14.4. The largest absolute Gasteiger partial charge is 0.618 e. The van der Waals surface area contributed by atoms with E-state index in [9.17, 15) is 33.2 Å². The monoisotopic (exact) mass is 494 g/mol. The van der Waals surface area contributed by atoms with Gasteiger partial charge in [0.25, 0.3) is 11.3 Å². The number of nitriles is 1. The molecule has 9 nitrogen and oxygen atoms in total. The minimum atomic E-state index is -3.65. The molecule has 0 fully saturated rings. The Morgan fingerprint density at radius 1 is 1.24 bits per heavy atom. The molecule has 1 aromatic carbocycles. The molecular weight excluding hydrogens is 477 g/mol. The molecule has 0 aliphatic heterocycles. The maximum Gasteiger partial charge on any atom is 0.347 e. The molecule has 0 aliphatic carbocycles. The lowest BCUT2D eigenvalue weighted by molar-refractivity contribution is -0.624. The average Bonchev–Trinajstić information content (AvgIpc) is 2.79. The third kappa shape index (κ3) is 6.02. The third-order valence-electron chi connectivity index (χ3n) is 4.58. The topological polar surface area (TPSA) is 127 Å². The summed E-state index contributed by atoms with van der Waals surface area (Å²) in [4.78, 5) is 28.6. The lowest BCUT2D eigenvalue weighted by Crippen LogP contribution is -2.41. The first-order valence-electron chi connectivity index (χ1n) is 9.53. The lowest BCUT2D eigenvalue weighted by Gasteiger charge is -2.17. The van der Waals surface area contributed by atoms with Gasteiger partial charge in [0.05, 0.1) is 12.7 Å². The highest BCUT2D eigenvalue weighted by Crippen LogP contribution is 2.24. The predicted octanol–water partition coefficient (Wildman–Crippen LogP) is 1.83. The Hall–Kier alpha value is -4.11. The van der Waals surface area contributed by atoms with E-state index >= 15 is 0 Å². The van der Waals surface area contributed by atoms with Crippen molar-refractivity contribution in [1.82, 2.24) is 14.9 Å². The van der Waals surface area contributed by atoms with Gasteiger partial charge in [-0.2, -0.15) is 18.8 Å². The van der Waals surface area contributed by atoms with Crippen molar-refractivity contribution < 1.29 is 22.7 Å². The van der Waals surface area contributed by atoms with E-state index in [1.165, 1.54) is 30.3 Å². The Bertz CT molecular complexity index is 1280. The summed E-state index contributed by atoms with van der Waals surface area (Å²) in [5, 5.41) is 25.4. The molecule has 1 amide bonds. The third-order valence-corrected chi connectivity index (χ3v) is 4.58. The summed E-state index contributed by atoms with van der Waals surface area (Å²) in [6, 6.07) is 11.0. The molecule has 2 N–H and O–H groups in total. The molecule has 3 aromatic rings. The van der Waals surface area contributed by atoms with Crippen LogP contribution < -0.4 is 20.9 Å². The first-order valence-corrected chi connectivity index (χ1v) is 9.53. The van der Waals surface area contributed by atoms with E-state index in [0.717, 1.165) is 23.0 Å². The van der Waals surface area contributed by atoms with Crippen LogP contribution in [0.25, 0.3) is 0 Å². The van der Waals surface area contributed by atoms with Crippen LogP contribution in [0, 0.1) is 22.4 Å². The number of aromatic nitrogens is 3. The molecule has 0 unspecified atom stereocenters. The fourth-order valence-electron chi connectivity index (χ4n) is 2.89. The van der Waals surface area contributed by atoms with Crippen molar-refractivity contribution in [3.8, 4) is 6.07 Å². The molecule has 0 bridgehead atoms. The SMILES string of the molecule is Cl.N#Cc1cnc(NCC(F)(F)c2cccc[n+]2[O-])c(=O)n1CC(=O)NCc1ccccc1F. The maximum atomic E-state index is 14.4. The molecule has 0 spiro atoms. The number of halogens is 4. The number of rotatable bonds is 8. The first kappa shape index (κ1) is 26.1. The average molecular weight is 495 g/mol. The van der Waals surface area contributed by atoms with E-state index in [1.54, 1.807) is 12.1 Å². The van der Waals surface area contributed by atoms with Gasteiger partial charge in [0.1, 0.15) is 24.1 Å². The standard InChI is InChI=1S/C21H17F3N6O3.ClH/c22-16-6-2-1-5-14(16)10-26-18(31)12-29-15(9-25)11-27-19(20(29)32)28-13-21(23,24)17-7-3-4-8-30(17)33;/h1-8,11H,10,12-13H2,(H,26,31)(H,27,28);1H. The van der Waals surface area contributed by atoms with Crippen molar-refractivity contribution in [3.05, 3.63) is 93.2 Å². The number of amides is 1. The second-order valence-electron chi connectivity index (χ2n) is 6.83. The molecule has 34 heavy (non-hydrogen) atoms. The van der Waals surface area contributed by atoms with Crippen molar-refractivity contribution in [2.45, 2.75) is 19.0 Å². The fourth-order valence-corrected chi connectivity index (χ4v) is 2.89. The Balaban J connectivity index is 0.00000408. The van der Waals surface area contributed by atoms with Gasteiger partial charge in [0, 0.05) is 24.2 Å². The number of nitrogens with one attached hydrogen (secondary N) is 2. The van der Waals surface area contributed by atoms with Crippen molar-refractivity contribution >= 4 is 24.1 Å². The second-order valence-corrected chi connectivity index (χ2v) is 6.83. The number of alkyl halides is 2. The van der Waals surface area contributed by atoms with Gasteiger partial charge in [0.2, 0.25) is 5.91 Å². The van der Waals surface area contributed by atoms with Crippen LogP contribution in [-0.2, 0) is 23.8 Å². The zero-order valence-corrected chi connectivity index (χ0v) is 18.2. The summed E-state index contributed by atoms with van der Waals surface area (Å²) < 4.78 is 43.3. The molecule has 0 aliphatic rings. The Labute approximate surface area is 197 Å². The van der Waals surface area contributed by atoms with E-state index in [2.05, 4.69) is 15.6 Å². The van der Waals surface area contributed by atoms with Crippen LogP contribution >= 0.6 is 12.4 Å². The van der Waals surface area contributed by atoms with Crippen molar-refractivity contribution in [3.63, 3.8) is 0 Å².